The summed E-state index contributed by atoms with van der Waals surface area (Å²) in [5.74, 6) is 0.748. The number of Topliss-reactive ketones (excluding diaryl/α,β-unsaturated/α-hetero) is 1. The quantitative estimate of drug-likeness (QED) is 0.740. The van der Waals surface area contributed by atoms with Crippen molar-refractivity contribution in [3.8, 4) is 0 Å². The molecule has 18 heavy (non-hydrogen) atoms. The fourth-order valence-electron chi connectivity index (χ4n) is 1.58. The fraction of sp³-hybridized carbons (Fsp3) is 0.417. The fourth-order valence-corrected chi connectivity index (χ4v) is 1.58. The Morgan fingerprint density at radius 2 is 2.00 bits per heavy atom. The molecule has 0 amide bonds. The number of rotatable bonds is 5. The Balaban J connectivity index is 2.11. The van der Waals surface area contributed by atoms with Crippen LogP contribution in [0.4, 0.5) is 0 Å². The molecule has 0 spiro atoms. The van der Waals surface area contributed by atoms with E-state index >= 15 is 0 Å². The minimum atomic E-state index is -0.139. The molecule has 2 aromatic rings. The summed E-state index contributed by atoms with van der Waals surface area (Å²) in [4.78, 5) is 24.1. The van der Waals surface area contributed by atoms with Crippen molar-refractivity contribution in [1.82, 2.24) is 24.7 Å². The Morgan fingerprint density at radius 3 is 2.67 bits per heavy atom. The number of nitrogens with zero attached hydrogens (tertiary/aromatic N) is 5. The van der Waals surface area contributed by atoms with Crippen LogP contribution in [-0.4, -0.2) is 30.5 Å². The van der Waals surface area contributed by atoms with Crippen molar-refractivity contribution < 1.29 is 4.79 Å². The van der Waals surface area contributed by atoms with E-state index in [-0.39, 0.29) is 18.0 Å². The monoisotopic (exact) mass is 245 g/mol. The lowest BCUT2D eigenvalue weighted by molar-refractivity contribution is 0.0979. The second kappa shape index (κ2) is 5.48. The van der Waals surface area contributed by atoms with Gasteiger partial charge in [-0.05, 0) is 18.9 Å². The largest absolute Gasteiger partial charge is 0.290 e. The molecular formula is C12H15N5O. The van der Waals surface area contributed by atoms with Gasteiger partial charge in [-0.25, -0.2) is 19.6 Å². The highest BCUT2D eigenvalue weighted by Gasteiger charge is 2.14. The first-order valence-corrected chi connectivity index (χ1v) is 5.89. The number of ketones is 1. The van der Waals surface area contributed by atoms with Crippen LogP contribution in [0, 0.1) is 6.92 Å². The van der Waals surface area contributed by atoms with Gasteiger partial charge in [-0.1, -0.05) is 6.92 Å². The minimum Gasteiger partial charge on any atom is -0.290 e. The van der Waals surface area contributed by atoms with E-state index < -0.39 is 0 Å². The van der Waals surface area contributed by atoms with E-state index in [1.165, 1.54) is 6.33 Å². The van der Waals surface area contributed by atoms with Gasteiger partial charge in [0.15, 0.2) is 5.82 Å². The van der Waals surface area contributed by atoms with Crippen molar-refractivity contribution in [3.05, 3.63) is 35.9 Å². The highest BCUT2D eigenvalue weighted by atomic mass is 16.1. The maximum atomic E-state index is 12.0. The molecule has 0 atom stereocenters. The second-order valence-electron chi connectivity index (χ2n) is 4.08. The predicted octanol–water partition coefficient (Wildman–Crippen LogP) is 1.21. The third kappa shape index (κ3) is 2.77. The number of hydrogen-bond acceptors (Lipinski definition) is 5. The molecule has 2 aromatic heterocycles. The van der Waals surface area contributed by atoms with Crippen LogP contribution in [0.5, 0.6) is 0 Å². The molecule has 0 saturated carbocycles. The third-order valence-electron chi connectivity index (χ3n) is 2.48. The Kier molecular flexibility index (Phi) is 3.76. The van der Waals surface area contributed by atoms with Crippen LogP contribution in [0.3, 0.4) is 0 Å². The zero-order valence-electron chi connectivity index (χ0n) is 10.5. The maximum absolute atomic E-state index is 12.0. The molecule has 0 aliphatic heterocycles. The van der Waals surface area contributed by atoms with Crippen molar-refractivity contribution >= 4 is 5.78 Å². The van der Waals surface area contributed by atoms with E-state index in [0.29, 0.717) is 5.82 Å². The topological polar surface area (TPSA) is 73.6 Å². The number of carbonyl (C=O) groups excluding carboxylic acids is 1. The average Bonchev–Trinajstić information content (AvgIpc) is 2.78. The molecule has 2 rings (SSSR count). The van der Waals surface area contributed by atoms with Crippen LogP contribution in [0.1, 0.15) is 35.4 Å². The lowest BCUT2D eigenvalue weighted by atomic mass is 10.2. The first kappa shape index (κ1) is 12.3. The first-order chi connectivity index (χ1) is 8.70. The van der Waals surface area contributed by atoms with Crippen LogP contribution in [-0.2, 0) is 13.0 Å². The molecule has 0 radical (unpaired) electrons. The SMILES string of the molecule is CCCn1ncnc1CC(=O)c1ncc(C)cn1. The van der Waals surface area contributed by atoms with Gasteiger partial charge in [0, 0.05) is 18.9 Å². The Bertz CT molecular complexity index is 532. The molecule has 6 heteroatoms. The molecule has 0 bridgehead atoms. The Labute approximate surface area is 105 Å². The van der Waals surface area contributed by atoms with E-state index in [9.17, 15) is 4.79 Å². The van der Waals surface area contributed by atoms with Gasteiger partial charge >= 0.3 is 0 Å². The number of aromatic nitrogens is 5. The molecule has 0 fully saturated rings. The molecule has 0 aromatic carbocycles. The highest BCUT2D eigenvalue weighted by molar-refractivity contribution is 5.93. The summed E-state index contributed by atoms with van der Waals surface area (Å²) in [6, 6.07) is 0. The number of aryl methyl sites for hydroxylation is 2. The minimum absolute atomic E-state index is 0.139. The van der Waals surface area contributed by atoms with Gasteiger partial charge < -0.3 is 0 Å². The van der Waals surface area contributed by atoms with E-state index in [1.807, 2.05) is 6.92 Å². The summed E-state index contributed by atoms with van der Waals surface area (Å²) in [6.45, 7) is 4.69. The van der Waals surface area contributed by atoms with Gasteiger partial charge in [0.25, 0.3) is 0 Å². The maximum Gasteiger partial charge on any atom is 0.207 e. The smallest absolute Gasteiger partial charge is 0.207 e. The standard InChI is InChI=1S/C12H15N5O/c1-3-4-17-11(15-8-16-17)5-10(18)12-13-6-9(2)7-14-12/h6-8H,3-5H2,1-2H3. The molecule has 0 aliphatic rings. The molecule has 0 N–H and O–H groups in total. The van der Waals surface area contributed by atoms with Gasteiger partial charge in [-0.15, -0.1) is 0 Å². The normalized spacial score (nSPS) is 10.6. The second-order valence-corrected chi connectivity index (χ2v) is 4.08. The summed E-state index contributed by atoms with van der Waals surface area (Å²) in [6.07, 6.45) is 5.87. The van der Waals surface area contributed by atoms with Crippen molar-refractivity contribution in [1.29, 1.82) is 0 Å². The van der Waals surface area contributed by atoms with Gasteiger partial charge in [0.2, 0.25) is 5.78 Å². The van der Waals surface area contributed by atoms with Crippen LogP contribution in [0.25, 0.3) is 0 Å². The van der Waals surface area contributed by atoms with Crippen molar-refractivity contribution in [2.75, 3.05) is 0 Å². The van der Waals surface area contributed by atoms with Gasteiger partial charge in [-0.2, -0.15) is 5.10 Å². The van der Waals surface area contributed by atoms with Crippen LogP contribution < -0.4 is 0 Å². The summed E-state index contributed by atoms with van der Waals surface area (Å²) >= 11 is 0. The van der Waals surface area contributed by atoms with Gasteiger partial charge in [-0.3, -0.25) is 4.79 Å². The van der Waals surface area contributed by atoms with E-state index in [0.717, 1.165) is 18.5 Å². The highest BCUT2D eigenvalue weighted by Crippen LogP contribution is 2.02. The molecular weight excluding hydrogens is 230 g/mol. The summed E-state index contributed by atoms with van der Waals surface area (Å²) in [5.41, 5.74) is 0.931. The zero-order valence-corrected chi connectivity index (χ0v) is 10.5. The molecule has 2 heterocycles. The van der Waals surface area contributed by atoms with E-state index in [2.05, 4.69) is 27.0 Å². The predicted molar refractivity (Wildman–Crippen MR) is 65.1 cm³/mol. The average molecular weight is 245 g/mol. The Hall–Kier alpha value is -2.11. The molecule has 0 aliphatic carbocycles. The number of hydrogen-bond donors (Lipinski definition) is 0. The van der Waals surface area contributed by atoms with Crippen LogP contribution in [0.15, 0.2) is 18.7 Å². The third-order valence-corrected chi connectivity index (χ3v) is 2.48. The summed E-state index contributed by atoms with van der Waals surface area (Å²) in [7, 11) is 0. The zero-order chi connectivity index (χ0) is 13.0. The van der Waals surface area contributed by atoms with Gasteiger partial charge in [0.1, 0.15) is 12.2 Å². The summed E-state index contributed by atoms with van der Waals surface area (Å²) < 4.78 is 1.74. The van der Waals surface area contributed by atoms with Crippen molar-refractivity contribution in [2.24, 2.45) is 0 Å². The van der Waals surface area contributed by atoms with Gasteiger partial charge in [0.05, 0.1) is 6.42 Å². The van der Waals surface area contributed by atoms with E-state index in [4.69, 9.17) is 0 Å². The van der Waals surface area contributed by atoms with Crippen LogP contribution in [0.2, 0.25) is 0 Å². The molecule has 0 unspecified atom stereocenters. The molecule has 0 saturated heterocycles. The first-order valence-electron chi connectivity index (χ1n) is 5.89. The van der Waals surface area contributed by atoms with Crippen molar-refractivity contribution in [3.63, 3.8) is 0 Å². The molecule has 94 valence electrons. The van der Waals surface area contributed by atoms with Crippen molar-refractivity contribution in [2.45, 2.75) is 33.2 Å². The lowest BCUT2D eigenvalue weighted by Gasteiger charge is -2.03. The van der Waals surface area contributed by atoms with Crippen LogP contribution >= 0.6 is 0 Å². The molecule has 6 nitrogen and oxygen atoms in total. The number of carbonyl (C=O) groups is 1. The van der Waals surface area contributed by atoms with E-state index in [1.54, 1.807) is 17.1 Å². The Morgan fingerprint density at radius 1 is 1.28 bits per heavy atom. The summed E-state index contributed by atoms with van der Waals surface area (Å²) in [5, 5.41) is 4.08. The lowest BCUT2D eigenvalue weighted by Crippen LogP contribution is -2.13.